The summed E-state index contributed by atoms with van der Waals surface area (Å²) in [5, 5.41) is 5.36. The van der Waals surface area contributed by atoms with Gasteiger partial charge < -0.3 is 10.2 Å². The second kappa shape index (κ2) is 7.31. The average molecular weight is 313 g/mol. The van der Waals surface area contributed by atoms with Crippen molar-refractivity contribution in [3.05, 3.63) is 15.6 Å². The van der Waals surface area contributed by atoms with Gasteiger partial charge in [-0.3, -0.25) is 4.99 Å². The number of guanidine groups is 1. The van der Waals surface area contributed by atoms with Crippen molar-refractivity contribution in [2.75, 3.05) is 25.9 Å². The first-order valence-corrected chi connectivity index (χ1v) is 9.00. The van der Waals surface area contributed by atoms with Gasteiger partial charge in [0.25, 0.3) is 0 Å². The third kappa shape index (κ3) is 3.88. The lowest BCUT2D eigenvalue weighted by molar-refractivity contribution is 0.408. The minimum Gasteiger partial charge on any atom is -0.351 e. The molecule has 0 amide bonds. The smallest absolute Gasteiger partial charge is 0.194 e. The number of hydrogen-bond donors (Lipinski definition) is 1. The number of nitrogens with one attached hydrogen (secondary N) is 1. The predicted octanol–water partition coefficient (Wildman–Crippen LogP) is 2.66. The molecule has 2 heterocycles. The van der Waals surface area contributed by atoms with E-state index in [0.717, 1.165) is 41.5 Å². The molecule has 4 nitrogen and oxygen atoms in total. The third-order valence-corrected chi connectivity index (χ3v) is 5.96. The van der Waals surface area contributed by atoms with E-state index in [1.165, 1.54) is 17.1 Å². The molecular formula is C14H24N4S2. The van der Waals surface area contributed by atoms with Crippen molar-refractivity contribution in [1.29, 1.82) is 0 Å². The summed E-state index contributed by atoms with van der Waals surface area (Å²) in [5.41, 5.74) is 1.14. The van der Waals surface area contributed by atoms with Crippen molar-refractivity contribution >= 4 is 29.1 Å². The Morgan fingerprint density at radius 3 is 2.90 bits per heavy atom. The van der Waals surface area contributed by atoms with Crippen LogP contribution in [0.3, 0.4) is 0 Å². The van der Waals surface area contributed by atoms with Gasteiger partial charge in [0.15, 0.2) is 5.96 Å². The molecule has 112 valence electrons. The quantitative estimate of drug-likeness (QED) is 0.688. The highest BCUT2D eigenvalue weighted by molar-refractivity contribution is 8.00. The maximum atomic E-state index is 4.47. The number of aromatic nitrogens is 1. The summed E-state index contributed by atoms with van der Waals surface area (Å²) in [5.74, 6) is 2.21. The van der Waals surface area contributed by atoms with Crippen molar-refractivity contribution in [1.82, 2.24) is 15.2 Å². The molecule has 6 heteroatoms. The standard InChI is InChI=1S/C14H24N4S2/c1-5-12-9-18(6-7-19-12)14(15-4)16-8-13-10(2)17-11(3)20-13/h12H,5-9H2,1-4H3,(H,15,16). The molecule has 1 aromatic heterocycles. The second-order valence-electron chi connectivity index (χ2n) is 4.99. The zero-order valence-corrected chi connectivity index (χ0v) is 14.4. The summed E-state index contributed by atoms with van der Waals surface area (Å²) in [4.78, 5) is 12.6. The second-order valence-corrected chi connectivity index (χ2v) is 7.69. The molecule has 1 aliphatic heterocycles. The summed E-state index contributed by atoms with van der Waals surface area (Å²) >= 11 is 3.85. The molecule has 1 fully saturated rings. The van der Waals surface area contributed by atoms with Crippen LogP contribution in [-0.4, -0.2) is 47.0 Å². The Hall–Kier alpha value is -0.750. The lowest BCUT2D eigenvalue weighted by Gasteiger charge is -2.34. The minimum absolute atomic E-state index is 0.731. The lowest BCUT2D eigenvalue weighted by Crippen LogP contribution is -2.47. The van der Waals surface area contributed by atoms with E-state index >= 15 is 0 Å². The van der Waals surface area contributed by atoms with Gasteiger partial charge in [0.1, 0.15) is 0 Å². The number of aryl methyl sites for hydroxylation is 2. The molecule has 1 atom stereocenters. The molecule has 1 aromatic rings. The number of thioether (sulfide) groups is 1. The summed E-state index contributed by atoms with van der Waals surface area (Å²) in [7, 11) is 1.87. The van der Waals surface area contributed by atoms with E-state index in [0.29, 0.717) is 0 Å². The van der Waals surface area contributed by atoms with E-state index in [1.807, 2.05) is 7.05 Å². The van der Waals surface area contributed by atoms with Gasteiger partial charge in [-0.25, -0.2) is 4.98 Å². The van der Waals surface area contributed by atoms with E-state index in [9.17, 15) is 0 Å². The number of nitrogens with zero attached hydrogens (tertiary/aromatic N) is 3. The normalized spacial score (nSPS) is 20.3. The van der Waals surface area contributed by atoms with Gasteiger partial charge in [0, 0.05) is 36.0 Å². The van der Waals surface area contributed by atoms with Gasteiger partial charge in [-0.15, -0.1) is 11.3 Å². The van der Waals surface area contributed by atoms with Gasteiger partial charge in [0.2, 0.25) is 0 Å². The predicted molar refractivity (Wildman–Crippen MR) is 89.9 cm³/mol. The summed E-state index contributed by atoms with van der Waals surface area (Å²) in [6, 6.07) is 0. The van der Waals surface area contributed by atoms with Crippen molar-refractivity contribution in [2.24, 2.45) is 4.99 Å². The molecule has 0 spiro atoms. The van der Waals surface area contributed by atoms with Crippen LogP contribution in [0.5, 0.6) is 0 Å². The monoisotopic (exact) mass is 312 g/mol. The van der Waals surface area contributed by atoms with E-state index in [2.05, 4.69) is 52.7 Å². The zero-order valence-electron chi connectivity index (χ0n) is 12.8. The summed E-state index contributed by atoms with van der Waals surface area (Å²) < 4.78 is 0. The van der Waals surface area contributed by atoms with Gasteiger partial charge >= 0.3 is 0 Å². The Bertz CT molecular complexity index is 470. The van der Waals surface area contributed by atoms with Gasteiger partial charge in [-0.2, -0.15) is 11.8 Å². The van der Waals surface area contributed by atoms with Crippen LogP contribution in [0.25, 0.3) is 0 Å². The van der Waals surface area contributed by atoms with Crippen LogP contribution >= 0.6 is 23.1 Å². The number of rotatable bonds is 3. The first-order valence-electron chi connectivity index (χ1n) is 7.14. The first-order chi connectivity index (χ1) is 9.63. The van der Waals surface area contributed by atoms with Crippen molar-refractivity contribution in [3.8, 4) is 0 Å². The Morgan fingerprint density at radius 1 is 1.50 bits per heavy atom. The molecule has 1 saturated heterocycles. The summed E-state index contributed by atoms with van der Waals surface area (Å²) in [6.07, 6.45) is 1.23. The molecule has 1 aliphatic rings. The average Bonchev–Trinajstić information content (AvgIpc) is 2.78. The van der Waals surface area contributed by atoms with Crippen LogP contribution in [0.2, 0.25) is 0 Å². The van der Waals surface area contributed by atoms with Crippen LogP contribution in [0, 0.1) is 13.8 Å². The van der Waals surface area contributed by atoms with Crippen LogP contribution in [0.1, 0.15) is 28.9 Å². The lowest BCUT2D eigenvalue weighted by atomic mass is 10.3. The summed E-state index contributed by atoms with van der Waals surface area (Å²) in [6.45, 7) is 9.41. The Balaban J connectivity index is 1.94. The number of thiazole rings is 1. The maximum absolute atomic E-state index is 4.47. The van der Waals surface area contributed by atoms with E-state index < -0.39 is 0 Å². The zero-order chi connectivity index (χ0) is 14.5. The molecule has 0 saturated carbocycles. The molecule has 0 bridgehead atoms. The van der Waals surface area contributed by atoms with Crippen LogP contribution < -0.4 is 5.32 Å². The topological polar surface area (TPSA) is 40.5 Å². The molecule has 0 aromatic carbocycles. The van der Waals surface area contributed by atoms with E-state index in [-0.39, 0.29) is 0 Å². The minimum atomic E-state index is 0.731. The van der Waals surface area contributed by atoms with Gasteiger partial charge in [0.05, 0.1) is 17.2 Å². The Labute approximate surface area is 130 Å². The van der Waals surface area contributed by atoms with Crippen molar-refractivity contribution in [2.45, 2.75) is 39.0 Å². The molecule has 20 heavy (non-hydrogen) atoms. The Morgan fingerprint density at radius 2 is 2.30 bits per heavy atom. The molecule has 1 unspecified atom stereocenters. The van der Waals surface area contributed by atoms with E-state index in [4.69, 9.17) is 0 Å². The first kappa shape index (κ1) is 15.6. The number of aliphatic imine (C=N–C) groups is 1. The fourth-order valence-corrected chi connectivity index (χ4v) is 4.44. The SMILES string of the molecule is CCC1CN(C(=NC)NCc2sc(C)nc2C)CCS1. The van der Waals surface area contributed by atoms with Crippen molar-refractivity contribution < 1.29 is 0 Å². The highest BCUT2D eigenvalue weighted by Gasteiger charge is 2.21. The molecular weight excluding hydrogens is 288 g/mol. The highest BCUT2D eigenvalue weighted by Crippen LogP contribution is 2.21. The maximum Gasteiger partial charge on any atom is 0.194 e. The molecule has 2 rings (SSSR count). The fourth-order valence-electron chi connectivity index (χ4n) is 2.39. The Kier molecular flexibility index (Phi) is 5.72. The largest absolute Gasteiger partial charge is 0.351 e. The van der Waals surface area contributed by atoms with Gasteiger partial charge in [-0.1, -0.05) is 6.92 Å². The molecule has 1 N–H and O–H groups in total. The third-order valence-electron chi connectivity index (χ3n) is 3.51. The highest BCUT2D eigenvalue weighted by atomic mass is 32.2. The number of hydrogen-bond acceptors (Lipinski definition) is 4. The fraction of sp³-hybridized carbons (Fsp3) is 0.714. The van der Waals surface area contributed by atoms with Crippen LogP contribution in [0.4, 0.5) is 0 Å². The van der Waals surface area contributed by atoms with Crippen LogP contribution in [0.15, 0.2) is 4.99 Å². The van der Waals surface area contributed by atoms with Gasteiger partial charge in [-0.05, 0) is 20.3 Å². The van der Waals surface area contributed by atoms with Crippen molar-refractivity contribution in [3.63, 3.8) is 0 Å². The molecule has 0 aliphatic carbocycles. The van der Waals surface area contributed by atoms with Crippen LogP contribution in [-0.2, 0) is 6.54 Å². The molecule has 0 radical (unpaired) electrons. The van der Waals surface area contributed by atoms with E-state index in [1.54, 1.807) is 11.3 Å².